The average Bonchev–Trinajstić information content (AvgIpc) is 2.59. The Morgan fingerprint density at radius 1 is 1.16 bits per heavy atom. The van der Waals surface area contributed by atoms with Gasteiger partial charge in [0.15, 0.2) is 0 Å². The Morgan fingerprint density at radius 2 is 2.00 bits per heavy atom. The van der Waals surface area contributed by atoms with E-state index < -0.39 is 0 Å². The van der Waals surface area contributed by atoms with Crippen molar-refractivity contribution in [1.29, 1.82) is 0 Å². The summed E-state index contributed by atoms with van der Waals surface area (Å²) in [6.07, 6.45) is 3.58. The van der Waals surface area contributed by atoms with Gasteiger partial charge in [0.1, 0.15) is 16.2 Å². The molecule has 1 aliphatic rings. The Hall–Kier alpha value is -1.42. The SMILES string of the molecule is Cc1nc(Br)cc(N2CCCCc3ccccc32)n1. The van der Waals surface area contributed by atoms with Gasteiger partial charge in [-0.15, -0.1) is 0 Å². The van der Waals surface area contributed by atoms with Gasteiger partial charge in [-0.25, -0.2) is 9.97 Å². The van der Waals surface area contributed by atoms with Crippen molar-refractivity contribution in [3.63, 3.8) is 0 Å². The molecule has 4 heteroatoms. The van der Waals surface area contributed by atoms with Gasteiger partial charge in [0.2, 0.25) is 0 Å². The predicted molar refractivity (Wildman–Crippen MR) is 80.9 cm³/mol. The Kier molecular flexibility index (Phi) is 3.51. The number of benzene rings is 1. The highest BCUT2D eigenvalue weighted by molar-refractivity contribution is 9.10. The zero-order valence-electron chi connectivity index (χ0n) is 10.9. The molecule has 0 amide bonds. The predicted octanol–water partition coefficient (Wildman–Crippen LogP) is 4.02. The highest BCUT2D eigenvalue weighted by Crippen LogP contribution is 2.32. The number of para-hydroxylation sites is 1. The number of anilines is 2. The van der Waals surface area contributed by atoms with E-state index in [2.05, 4.69) is 55.1 Å². The van der Waals surface area contributed by atoms with Crippen LogP contribution in [0.25, 0.3) is 0 Å². The molecule has 0 N–H and O–H groups in total. The van der Waals surface area contributed by atoms with E-state index in [1.807, 2.05) is 13.0 Å². The number of aromatic nitrogens is 2. The van der Waals surface area contributed by atoms with E-state index in [-0.39, 0.29) is 0 Å². The monoisotopic (exact) mass is 317 g/mol. The largest absolute Gasteiger partial charge is 0.326 e. The van der Waals surface area contributed by atoms with E-state index >= 15 is 0 Å². The van der Waals surface area contributed by atoms with Gasteiger partial charge < -0.3 is 4.90 Å². The number of nitrogens with zero attached hydrogens (tertiary/aromatic N) is 3. The summed E-state index contributed by atoms with van der Waals surface area (Å²) in [6, 6.07) is 10.6. The maximum atomic E-state index is 4.58. The van der Waals surface area contributed by atoms with E-state index in [9.17, 15) is 0 Å². The molecule has 3 nitrogen and oxygen atoms in total. The molecule has 3 rings (SSSR count). The molecule has 1 aromatic heterocycles. The van der Waals surface area contributed by atoms with Crippen molar-refractivity contribution < 1.29 is 0 Å². The average molecular weight is 318 g/mol. The lowest BCUT2D eigenvalue weighted by Gasteiger charge is -2.24. The molecule has 2 heterocycles. The van der Waals surface area contributed by atoms with Crippen LogP contribution in [0.3, 0.4) is 0 Å². The fourth-order valence-corrected chi connectivity index (χ4v) is 3.05. The molecular formula is C15H16BrN3. The number of aryl methyl sites for hydroxylation is 2. The van der Waals surface area contributed by atoms with Crippen molar-refractivity contribution in [3.8, 4) is 0 Å². The van der Waals surface area contributed by atoms with Gasteiger partial charge >= 0.3 is 0 Å². The van der Waals surface area contributed by atoms with Crippen LogP contribution in [-0.4, -0.2) is 16.5 Å². The zero-order valence-corrected chi connectivity index (χ0v) is 12.5. The second-order valence-electron chi connectivity index (χ2n) is 4.83. The molecule has 0 bridgehead atoms. The van der Waals surface area contributed by atoms with Crippen LogP contribution in [0.4, 0.5) is 11.5 Å². The molecule has 98 valence electrons. The summed E-state index contributed by atoms with van der Waals surface area (Å²) in [4.78, 5) is 11.2. The first-order valence-corrected chi connectivity index (χ1v) is 7.40. The van der Waals surface area contributed by atoms with Gasteiger partial charge in [0.25, 0.3) is 0 Å². The summed E-state index contributed by atoms with van der Waals surface area (Å²) < 4.78 is 0.844. The summed E-state index contributed by atoms with van der Waals surface area (Å²) in [5, 5.41) is 0. The number of halogens is 1. The van der Waals surface area contributed by atoms with Crippen molar-refractivity contribution >= 4 is 27.4 Å². The zero-order chi connectivity index (χ0) is 13.2. The first kappa shape index (κ1) is 12.6. The second kappa shape index (κ2) is 5.29. The van der Waals surface area contributed by atoms with E-state index in [4.69, 9.17) is 0 Å². The number of fused-ring (bicyclic) bond motifs is 1. The van der Waals surface area contributed by atoms with Gasteiger partial charge in [-0.2, -0.15) is 0 Å². The number of rotatable bonds is 1. The molecule has 2 aromatic rings. The van der Waals surface area contributed by atoms with E-state index in [0.717, 1.165) is 29.2 Å². The maximum Gasteiger partial charge on any atom is 0.137 e. The maximum absolute atomic E-state index is 4.58. The Labute approximate surface area is 121 Å². The lowest BCUT2D eigenvalue weighted by molar-refractivity contribution is 0.756. The smallest absolute Gasteiger partial charge is 0.137 e. The van der Waals surface area contributed by atoms with Crippen LogP contribution < -0.4 is 4.90 Å². The van der Waals surface area contributed by atoms with Crippen LogP contribution in [0.5, 0.6) is 0 Å². The first-order valence-electron chi connectivity index (χ1n) is 6.61. The third-order valence-electron chi connectivity index (χ3n) is 3.43. The molecule has 19 heavy (non-hydrogen) atoms. The number of hydrogen-bond donors (Lipinski definition) is 0. The van der Waals surface area contributed by atoms with Gasteiger partial charge in [0, 0.05) is 18.3 Å². The third kappa shape index (κ3) is 2.63. The normalized spacial score (nSPS) is 14.9. The first-order chi connectivity index (χ1) is 9.24. The summed E-state index contributed by atoms with van der Waals surface area (Å²) in [6.45, 7) is 2.94. The molecule has 0 radical (unpaired) electrons. The quantitative estimate of drug-likeness (QED) is 0.744. The highest BCUT2D eigenvalue weighted by Gasteiger charge is 2.18. The van der Waals surface area contributed by atoms with Gasteiger partial charge in [-0.05, 0) is 53.7 Å². The minimum Gasteiger partial charge on any atom is -0.326 e. The summed E-state index contributed by atoms with van der Waals surface area (Å²) in [7, 11) is 0. The van der Waals surface area contributed by atoms with Crippen LogP contribution in [0.2, 0.25) is 0 Å². The molecule has 1 aliphatic heterocycles. The highest BCUT2D eigenvalue weighted by atomic mass is 79.9. The molecule has 0 aliphatic carbocycles. The van der Waals surface area contributed by atoms with Gasteiger partial charge in [-0.1, -0.05) is 18.2 Å². The Balaban J connectivity index is 2.09. The third-order valence-corrected chi connectivity index (χ3v) is 3.84. The lowest BCUT2D eigenvalue weighted by atomic mass is 10.1. The standard InChI is InChI=1S/C15H16BrN3/c1-11-17-14(16)10-15(18-11)19-9-5-4-7-12-6-2-3-8-13(12)19/h2-3,6,8,10H,4-5,7,9H2,1H3. The van der Waals surface area contributed by atoms with E-state index in [0.29, 0.717) is 0 Å². The van der Waals surface area contributed by atoms with Crippen LogP contribution in [0, 0.1) is 6.92 Å². The van der Waals surface area contributed by atoms with Crippen LogP contribution in [-0.2, 0) is 6.42 Å². The minimum absolute atomic E-state index is 0.797. The van der Waals surface area contributed by atoms with Crippen molar-refractivity contribution in [2.45, 2.75) is 26.2 Å². The molecule has 1 aromatic carbocycles. The van der Waals surface area contributed by atoms with Crippen molar-refractivity contribution in [3.05, 3.63) is 46.3 Å². The topological polar surface area (TPSA) is 29.0 Å². The lowest BCUT2D eigenvalue weighted by Crippen LogP contribution is -2.19. The molecule has 0 spiro atoms. The van der Waals surface area contributed by atoms with Gasteiger partial charge in [0.05, 0.1) is 0 Å². The Morgan fingerprint density at radius 3 is 2.84 bits per heavy atom. The van der Waals surface area contributed by atoms with Crippen molar-refractivity contribution in [2.24, 2.45) is 0 Å². The van der Waals surface area contributed by atoms with Crippen LogP contribution in [0.15, 0.2) is 34.9 Å². The van der Waals surface area contributed by atoms with E-state index in [1.54, 1.807) is 0 Å². The van der Waals surface area contributed by atoms with E-state index in [1.165, 1.54) is 24.1 Å². The Bertz CT molecular complexity index is 577. The molecule has 0 saturated heterocycles. The van der Waals surface area contributed by atoms with Crippen LogP contribution >= 0.6 is 15.9 Å². The minimum atomic E-state index is 0.797. The molecule has 0 saturated carbocycles. The molecule has 0 atom stereocenters. The summed E-state index contributed by atoms with van der Waals surface area (Å²) in [5.41, 5.74) is 2.69. The second-order valence-corrected chi connectivity index (χ2v) is 5.65. The summed E-state index contributed by atoms with van der Waals surface area (Å²) in [5.74, 6) is 1.78. The number of hydrogen-bond acceptors (Lipinski definition) is 3. The molecular weight excluding hydrogens is 302 g/mol. The molecule has 0 unspecified atom stereocenters. The fourth-order valence-electron chi connectivity index (χ4n) is 2.58. The van der Waals surface area contributed by atoms with Crippen molar-refractivity contribution in [1.82, 2.24) is 9.97 Å². The molecule has 0 fully saturated rings. The van der Waals surface area contributed by atoms with Gasteiger partial charge in [-0.3, -0.25) is 0 Å². The van der Waals surface area contributed by atoms with Crippen molar-refractivity contribution in [2.75, 3.05) is 11.4 Å². The summed E-state index contributed by atoms with van der Waals surface area (Å²) >= 11 is 3.46. The van der Waals surface area contributed by atoms with Crippen LogP contribution in [0.1, 0.15) is 24.2 Å². The fraction of sp³-hybridized carbons (Fsp3) is 0.333.